The Morgan fingerprint density at radius 2 is 1.81 bits per heavy atom. The van der Waals surface area contributed by atoms with Crippen LogP contribution in [0.15, 0.2) is 65.1 Å². The molecule has 0 N–H and O–H groups in total. The number of para-hydroxylation sites is 1. The van der Waals surface area contributed by atoms with Gasteiger partial charge in [0.15, 0.2) is 5.76 Å². The van der Waals surface area contributed by atoms with Crippen molar-refractivity contribution in [3.05, 3.63) is 71.2 Å². The van der Waals surface area contributed by atoms with Gasteiger partial charge in [-0.25, -0.2) is 0 Å². The van der Waals surface area contributed by atoms with Crippen molar-refractivity contribution in [1.82, 2.24) is 24.7 Å². The fourth-order valence-corrected chi connectivity index (χ4v) is 4.06. The number of benzene rings is 2. The molecule has 0 fully saturated rings. The van der Waals surface area contributed by atoms with Gasteiger partial charge in [-0.15, -0.1) is 10.2 Å². The van der Waals surface area contributed by atoms with Crippen molar-refractivity contribution >= 4 is 27.3 Å². The van der Waals surface area contributed by atoms with Crippen molar-refractivity contribution in [3.8, 4) is 11.6 Å². The standard InChI is InChI=1S/C20H17N5OS/c1-24(12-14-7-3-2-4-8-14)13-18-23-25-19(21-22-20(25)27-18)17-11-15-9-5-6-10-16(15)26-17/h2-11H,12-13H2,1H3. The Morgan fingerprint density at radius 1 is 1.00 bits per heavy atom. The molecule has 0 radical (unpaired) electrons. The maximum absolute atomic E-state index is 5.92. The summed E-state index contributed by atoms with van der Waals surface area (Å²) in [4.78, 5) is 3.01. The van der Waals surface area contributed by atoms with Gasteiger partial charge in [-0.05, 0) is 24.7 Å². The van der Waals surface area contributed by atoms with E-state index in [1.54, 1.807) is 15.9 Å². The first-order valence-corrected chi connectivity index (χ1v) is 9.50. The first-order valence-electron chi connectivity index (χ1n) is 8.69. The maximum atomic E-state index is 5.92. The normalized spacial score (nSPS) is 11.8. The Hall–Kier alpha value is -3.03. The lowest BCUT2D eigenvalue weighted by molar-refractivity contribution is 0.317. The van der Waals surface area contributed by atoms with Crippen molar-refractivity contribution in [2.75, 3.05) is 7.05 Å². The van der Waals surface area contributed by atoms with E-state index in [0.717, 1.165) is 34.0 Å². The molecule has 5 aromatic rings. The lowest BCUT2D eigenvalue weighted by Crippen LogP contribution is -2.17. The van der Waals surface area contributed by atoms with Gasteiger partial charge in [0, 0.05) is 11.9 Å². The van der Waals surface area contributed by atoms with E-state index in [4.69, 9.17) is 9.52 Å². The highest BCUT2D eigenvalue weighted by Crippen LogP contribution is 2.28. The van der Waals surface area contributed by atoms with Gasteiger partial charge in [0.25, 0.3) is 0 Å². The molecule has 3 aromatic heterocycles. The number of fused-ring (bicyclic) bond motifs is 2. The van der Waals surface area contributed by atoms with Crippen LogP contribution in [0.3, 0.4) is 0 Å². The summed E-state index contributed by atoms with van der Waals surface area (Å²) in [6.07, 6.45) is 0. The van der Waals surface area contributed by atoms with Crippen LogP contribution in [0.2, 0.25) is 0 Å². The van der Waals surface area contributed by atoms with Crippen LogP contribution in [0.25, 0.3) is 27.5 Å². The SMILES string of the molecule is CN(Cc1ccccc1)Cc1nn2c(-c3cc4ccccc4o3)nnc2s1. The first kappa shape index (κ1) is 16.2. The molecule has 134 valence electrons. The van der Waals surface area contributed by atoms with Gasteiger partial charge in [0.05, 0.1) is 6.54 Å². The summed E-state index contributed by atoms with van der Waals surface area (Å²) in [5.74, 6) is 1.31. The second-order valence-corrected chi connectivity index (χ2v) is 7.56. The molecule has 0 bridgehead atoms. The predicted octanol–water partition coefficient (Wildman–Crippen LogP) is 4.23. The Morgan fingerprint density at radius 3 is 2.67 bits per heavy atom. The average molecular weight is 375 g/mol. The Labute approximate surface area is 159 Å². The third-order valence-electron chi connectivity index (χ3n) is 4.38. The minimum atomic E-state index is 0.634. The minimum Gasteiger partial charge on any atom is -0.453 e. The van der Waals surface area contributed by atoms with Crippen molar-refractivity contribution in [2.24, 2.45) is 0 Å². The summed E-state index contributed by atoms with van der Waals surface area (Å²) in [7, 11) is 2.09. The topological polar surface area (TPSA) is 59.5 Å². The smallest absolute Gasteiger partial charge is 0.235 e. The van der Waals surface area contributed by atoms with Crippen LogP contribution in [-0.4, -0.2) is 31.8 Å². The molecule has 5 rings (SSSR count). The van der Waals surface area contributed by atoms with Gasteiger partial charge in [-0.2, -0.15) is 9.61 Å². The van der Waals surface area contributed by atoms with Gasteiger partial charge >= 0.3 is 0 Å². The summed E-state index contributed by atoms with van der Waals surface area (Å²) in [5.41, 5.74) is 2.12. The Balaban J connectivity index is 1.41. The van der Waals surface area contributed by atoms with E-state index >= 15 is 0 Å². The summed E-state index contributed by atoms with van der Waals surface area (Å²) >= 11 is 1.55. The zero-order valence-electron chi connectivity index (χ0n) is 14.7. The van der Waals surface area contributed by atoms with Crippen LogP contribution in [0, 0.1) is 0 Å². The largest absolute Gasteiger partial charge is 0.453 e. The summed E-state index contributed by atoms with van der Waals surface area (Å²) < 4.78 is 7.69. The number of rotatable bonds is 5. The van der Waals surface area contributed by atoms with Gasteiger partial charge in [0.1, 0.15) is 10.6 Å². The van der Waals surface area contributed by atoms with Crippen molar-refractivity contribution in [3.63, 3.8) is 0 Å². The molecular weight excluding hydrogens is 358 g/mol. The van der Waals surface area contributed by atoms with Crippen molar-refractivity contribution in [1.29, 1.82) is 0 Å². The molecule has 2 aromatic carbocycles. The molecule has 7 heteroatoms. The van der Waals surface area contributed by atoms with Crippen LogP contribution in [-0.2, 0) is 13.1 Å². The van der Waals surface area contributed by atoms with E-state index in [1.807, 2.05) is 36.4 Å². The molecule has 0 atom stereocenters. The van der Waals surface area contributed by atoms with Gasteiger partial charge in [-0.1, -0.05) is 59.9 Å². The Bertz CT molecular complexity index is 1170. The number of hydrogen-bond donors (Lipinski definition) is 0. The Kier molecular flexibility index (Phi) is 3.95. The van der Waals surface area contributed by atoms with Crippen LogP contribution in [0.1, 0.15) is 10.6 Å². The van der Waals surface area contributed by atoms with Crippen LogP contribution >= 0.6 is 11.3 Å². The van der Waals surface area contributed by atoms with Crippen LogP contribution < -0.4 is 0 Å². The number of furan rings is 1. The fraction of sp³-hybridized carbons (Fsp3) is 0.150. The highest BCUT2D eigenvalue weighted by atomic mass is 32.1. The number of hydrogen-bond acceptors (Lipinski definition) is 6. The first-order chi connectivity index (χ1) is 13.3. The minimum absolute atomic E-state index is 0.634. The van der Waals surface area contributed by atoms with Gasteiger partial charge < -0.3 is 4.42 Å². The molecule has 0 amide bonds. The third-order valence-corrected chi connectivity index (χ3v) is 5.26. The van der Waals surface area contributed by atoms with Crippen molar-refractivity contribution in [2.45, 2.75) is 13.1 Å². The lowest BCUT2D eigenvalue weighted by atomic mass is 10.2. The summed E-state index contributed by atoms with van der Waals surface area (Å²) in [6, 6.07) is 20.3. The van der Waals surface area contributed by atoms with E-state index in [2.05, 4.69) is 46.4 Å². The van der Waals surface area contributed by atoms with Gasteiger partial charge in [-0.3, -0.25) is 4.90 Å². The van der Waals surface area contributed by atoms with E-state index in [0.29, 0.717) is 11.6 Å². The highest BCUT2D eigenvalue weighted by Gasteiger charge is 2.17. The summed E-state index contributed by atoms with van der Waals surface area (Å²) in [6.45, 7) is 1.62. The second-order valence-electron chi connectivity index (χ2n) is 6.52. The molecule has 27 heavy (non-hydrogen) atoms. The monoisotopic (exact) mass is 375 g/mol. The molecule has 3 heterocycles. The quantitative estimate of drug-likeness (QED) is 0.460. The number of nitrogens with zero attached hydrogens (tertiary/aromatic N) is 5. The zero-order chi connectivity index (χ0) is 18.2. The van der Waals surface area contributed by atoms with E-state index in [1.165, 1.54) is 5.56 Å². The van der Waals surface area contributed by atoms with Crippen LogP contribution in [0.5, 0.6) is 0 Å². The highest BCUT2D eigenvalue weighted by molar-refractivity contribution is 7.16. The maximum Gasteiger partial charge on any atom is 0.235 e. The zero-order valence-corrected chi connectivity index (χ0v) is 15.6. The fourth-order valence-electron chi connectivity index (χ4n) is 3.15. The van der Waals surface area contributed by atoms with Gasteiger partial charge in [0.2, 0.25) is 10.8 Å². The third kappa shape index (κ3) is 3.11. The molecular formula is C20H17N5OS. The predicted molar refractivity (Wildman–Crippen MR) is 105 cm³/mol. The summed E-state index contributed by atoms with van der Waals surface area (Å²) in [5, 5.41) is 15.3. The number of aromatic nitrogens is 4. The van der Waals surface area contributed by atoms with Crippen LogP contribution in [0.4, 0.5) is 0 Å². The van der Waals surface area contributed by atoms with E-state index in [9.17, 15) is 0 Å². The molecule has 0 unspecified atom stereocenters. The molecule has 6 nitrogen and oxygen atoms in total. The van der Waals surface area contributed by atoms with Crippen molar-refractivity contribution < 1.29 is 4.42 Å². The lowest BCUT2D eigenvalue weighted by Gasteiger charge is -2.14. The molecule has 0 aliphatic carbocycles. The molecule has 0 saturated carbocycles. The molecule has 0 aliphatic heterocycles. The average Bonchev–Trinajstić information content (AvgIpc) is 3.35. The van der Waals surface area contributed by atoms with E-state index < -0.39 is 0 Å². The van der Waals surface area contributed by atoms with E-state index in [-0.39, 0.29) is 0 Å². The molecule has 0 aliphatic rings. The molecule has 0 saturated heterocycles. The second kappa shape index (κ2) is 6.61. The molecule has 0 spiro atoms.